The number of rotatable bonds is 7. The van der Waals surface area contributed by atoms with Gasteiger partial charge < -0.3 is 25.4 Å². The Morgan fingerprint density at radius 1 is 1.09 bits per heavy atom. The Morgan fingerprint density at radius 3 is 2.81 bits per heavy atom. The Hall–Kier alpha value is -4.00. The molecule has 164 valence electrons. The van der Waals surface area contributed by atoms with Crippen molar-refractivity contribution in [2.24, 2.45) is 4.99 Å². The summed E-state index contributed by atoms with van der Waals surface area (Å²) in [7, 11) is 1.75. The standard InChI is InChI=1S/C25H27N5O2/c1-17-8-9-21-19(16-28-22(21)13-17)10-11-27-25(26-2)29-15-18-5-3-6-20(14-18)30-24(31)23-7-4-12-32-23/h3-9,12-14,16,28H,10-11,15H2,1-2H3,(H,30,31)(H2,26,27,29). The minimum absolute atomic E-state index is 0.273. The van der Waals surface area contributed by atoms with Crippen molar-refractivity contribution in [2.45, 2.75) is 19.9 Å². The zero-order chi connectivity index (χ0) is 22.3. The van der Waals surface area contributed by atoms with Crippen LogP contribution in [0.15, 0.2) is 76.5 Å². The van der Waals surface area contributed by atoms with Crippen LogP contribution in [-0.2, 0) is 13.0 Å². The van der Waals surface area contributed by atoms with Crippen LogP contribution >= 0.6 is 0 Å². The zero-order valence-electron chi connectivity index (χ0n) is 18.2. The number of hydrogen-bond acceptors (Lipinski definition) is 3. The van der Waals surface area contributed by atoms with Gasteiger partial charge in [0.1, 0.15) is 0 Å². The summed E-state index contributed by atoms with van der Waals surface area (Å²) in [6, 6.07) is 17.5. The first kappa shape index (κ1) is 21.2. The summed E-state index contributed by atoms with van der Waals surface area (Å²) >= 11 is 0. The molecule has 0 saturated carbocycles. The number of nitrogens with one attached hydrogen (secondary N) is 4. The number of fused-ring (bicyclic) bond motifs is 1. The predicted molar refractivity (Wildman–Crippen MR) is 128 cm³/mol. The second-order valence-electron chi connectivity index (χ2n) is 7.60. The fraction of sp³-hybridized carbons (Fsp3) is 0.200. The molecular formula is C25H27N5O2. The topological polar surface area (TPSA) is 94.5 Å². The molecule has 2 aromatic heterocycles. The molecule has 7 nitrogen and oxygen atoms in total. The van der Waals surface area contributed by atoms with Gasteiger partial charge in [-0.25, -0.2) is 0 Å². The maximum Gasteiger partial charge on any atom is 0.291 e. The largest absolute Gasteiger partial charge is 0.459 e. The van der Waals surface area contributed by atoms with Gasteiger partial charge in [0.15, 0.2) is 11.7 Å². The monoisotopic (exact) mass is 429 g/mol. The molecule has 4 N–H and O–H groups in total. The molecule has 32 heavy (non-hydrogen) atoms. The summed E-state index contributed by atoms with van der Waals surface area (Å²) in [5.74, 6) is 0.735. The normalized spacial score (nSPS) is 11.5. The number of carbonyl (C=O) groups excluding carboxylic acids is 1. The highest BCUT2D eigenvalue weighted by atomic mass is 16.3. The smallest absolute Gasteiger partial charge is 0.291 e. The first-order chi connectivity index (χ1) is 15.6. The van der Waals surface area contributed by atoms with Crippen molar-refractivity contribution >= 4 is 28.5 Å². The van der Waals surface area contributed by atoms with Crippen LogP contribution in [0.1, 0.15) is 27.2 Å². The van der Waals surface area contributed by atoms with Gasteiger partial charge in [-0.05, 0) is 60.4 Å². The number of H-pyrrole nitrogens is 1. The van der Waals surface area contributed by atoms with E-state index in [9.17, 15) is 4.79 Å². The second-order valence-corrected chi connectivity index (χ2v) is 7.60. The van der Waals surface area contributed by atoms with Crippen molar-refractivity contribution in [3.05, 3.63) is 89.5 Å². The van der Waals surface area contributed by atoms with E-state index in [2.05, 4.69) is 57.2 Å². The highest BCUT2D eigenvalue weighted by Crippen LogP contribution is 2.19. The first-order valence-electron chi connectivity index (χ1n) is 10.6. The van der Waals surface area contributed by atoms with Crippen LogP contribution < -0.4 is 16.0 Å². The Balaban J connectivity index is 1.28. The number of aromatic amines is 1. The molecule has 7 heteroatoms. The van der Waals surface area contributed by atoms with Crippen LogP contribution in [0.5, 0.6) is 0 Å². The molecule has 0 unspecified atom stereocenters. The minimum Gasteiger partial charge on any atom is -0.459 e. The van der Waals surface area contributed by atoms with Crippen molar-refractivity contribution in [1.82, 2.24) is 15.6 Å². The third-order valence-electron chi connectivity index (χ3n) is 5.22. The number of anilines is 1. The summed E-state index contributed by atoms with van der Waals surface area (Å²) in [4.78, 5) is 19.8. The Kier molecular flexibility index (Phi) is 6.55. The number of nitrogens with zero attached hydrogens (tertiary/aromatic N) is 1. The number of aliphatic imine (C=N–C) groups is 1. The van der Waals surface area contributed by atoms with Crippen LogP contribution in [0.4, 0.5) is 5.69 Å². The van der Waals surface area contributed by atoms with Gasteiger partial charge in [-0.2, -0.15) is 0 Å². The SMILES string of the molecule is CN=C(NCCc1c[nH]c2cc(C)ccc12)NCc1cccc(NC(=O)c2ccco2)c1. The number of amides is 1. The predicted octanol–water partition coefficient (Wildman–Crippen LogP) is 4.23. The second kappa shape index (κ2) is 9.87. The number of guanidine groups is 1. The molecule has 2 aromatic carbocycles. The molecule has 0 atom stereocenters. The first-order valence-corrected chi connectivity index (χ1v) is 10.6. The third-order valence-corrected chi connectivity index (χ3v) is 5.22. The molecule has 0 spiro atoms. The lowest BCUT2D eigenvalue weighted by Gasteiger charge is -2.12. The number of aromatic nitrogens is 1. The maximum atomic E-state index is 12.2. The number of hydrogen-bond donors (Lipinski definition) is 4. The van der Waals surface area contributed by atoms with Crippen molar-refractivity contribution in [3.8, 4) is 0 Å². The molecule has 2 heterocycles. The fourth-order valence-corrected chi connectivity index (χ4v) is 3.59. The quantitative estimate of drug-likeness (QED) is 0.261. The molecule has 0 saturated heterocycles. The molecule has 0 radical (unpaired) electrons. The minimum atomic E-state index is -0.273. The lowest BCUT2D eigenvalue weighted by molar-refractivity contribution is 0.0996. The Bertz CT molecular complexity index is 1220. The number of furan rings is 1. The molecule has 0 bridgehead atoms. The molecule has 0 fully saturated rings. The van der Waals surface area contributed by atoms with Crippen LogP contribution in [0.2, 0.25) is 0 Å². The number of aryl methyl sites for hydroxylation is 1. The van der Waals surface area contributed by atoms with Crippen molar-refractivity contribution in [3.63, 3.8) is 0 Å². The molecule has 4 aromatic rings. The summed E-state index contributed by atoms with van der Waals surface area (Å²) in [5.41, 5.74) is 5.43. The average molecular weight is 430 g/mol. The van der Waals surface area contributed by atoms with Gasteiger partial charge >= 0.3 is 0 Å². The van der Waals surface area contributed by atoms with Crippen LogP contribution in [0.25, 0.3) is 10.9 Å². The van der Waals surface area contributed by atoms with Gasteiger partial charge in [0, 0.05) is 42.9 Å². The molecular weight excluding hydrogens is 402 g/mol. The van der Waals surface area contributed by atoms with Gasteiger partial charge in [-0.3, -0.25) is 9.79 Å². The lowest BCUT2D eigenvalue weighted by atomic mass is 10.1. The maximum absolute atomic E-state index is 12.2. The van der Waals surface area contributed by atoms with E-state index >= 15 is 0 Å². The van der Waals surface area contributed by atoms with Crippen LogP contribution in [-0.4, -0.2) is 30.4 Å². The summed E-state index contributed by atoms with van der Waals surface area (Å²) in [6.07, 6.45) is 4.44. The Morgan fingerprint density at radius 2 is 2.00 bits per heavy atom. The summed E-state index contributed by atoms with van der Waals surface area (Å²) in [5, 5.41) is 10.8. The molecule has 4 rings (SSSR count). The van der Waals surface area contributed by atoms with Gasteiger partial charge in [0.05, 0.1) is 6.26 Å². The highest BCUT2D eigenvalue weighted by Gasteiger charge is 2.09. The van der Waals surface area contributed by atoms with Crippen LogP contribution in [0.3, 0.4) is 0 Å². The number of benzene rings is 2. The van der Waals surface area contributed by atoms with E-state index in [0.29, 0.717) is 12.2 Å². The van der Waals surface area contributed by atoms with Gasteiger partial charge in [-0.15, -0.1) is 0 Å². The van der Waals surface area contributed by atoms with Gasteiger partial charge in [0.25, 0.3) is 5.91 Å². The molecule has 0 aliphatic rings. The third kappa shape index (κ3) is 5.18. The van der Waals surface area contributed by atoms with Gasteiger partial charge in [0.2, 0.25) is 0 Å². The Labute approximate surface area is 186 Å². The van der Waals surface area contributed by atoms with E-state index in [-0.39, 0.29) is 11.7 Å². The van der Waals surface area contributed by atoms with Crippen molar-refractivity contribution in [1.29, 1.82) is 0 Å². The zero-order valence-corrected chi connectivity index (χ0v) is 18.2. The average Bonchev–Trinajstić information content (AvgIpc) is 3.47. The van der Waals surface area contributed by atoms with Crippen molar-refractivity contribution < 1.29 is 9.21 Å². The lowest BCUT2D eigenvalue weighted by Crippen LogP contribution is -2.37. The highest BCUT2D eigenvalue weighted by molar-refractivity contribution is 6.02. The molecule has 0 aliphatic carbocycles. The van der Waals surface area contributed by atoms with Crippen molar-refractivity contribution in [2.75, 3.05) is 18.9 Å². The van der Waals surface area contributed by atoms with E-state index in [1.54, 1.807) is 19.2 Å². The number of carbonyl (C=O) groups is 1. The van der Waals surface area contributed by atoms with E-state index in [1.165, 1.54) is 28.3 Å². The summed E-state index contributed by atoms with van der Waals surface area (Å²) in [6.45, 7) is 3.44. The van der Waals surface area contributed by atoms with E-state index < -0.39 is 0 Å². The van der Waals surface area contributed by atoms with Crippen LogP contribution in [0, 0.1) is 6.92 Å². The molecule has 0 aliphatic heterocycles. The van der Waals surface area contributed by atoms with E-state index in [1.807, 2.05) is 24.3 Å². The van der Waals surface area contributed by atoms with E-state index in [0.717, 1.165) is 24.5 Å². The van der Waals surface area contributed by atoms with E-state index in [4.69, 9.17) is 4.42 Å². The fourth-order valence-electron chi connectivity index (χ4n) is 3.59. The van der Waals surface area contributed by atoms with Gasteiger partial charge in [-0.1, -0.05) is 24.3 Å². The molecule has 1 amide bonds. The summed E-state index contributed by atoms with van der Waals surface area (Å²) < 4.78 is 5.13.